The van der Waals surface area contributed by atoms with Crippen LogP contribution in [-0.2, 0) is 19.3 Å². The van der Waals surface area contributed by atoms with Crippen LogP contribution in [0.1, 0.15) is 37.5 Å². The molecular formula is C18H17Br3O4. The minimum absolute atomic E-state index is 0.140. The molecule has 0 aromatic heterocycles. The Kier molecular flexibility index (Phi) is 5.28. The number of fused-ring (bicyclic) bond motifs is 2. The van der Waals surface area contributed by atoms with Gasteiger partial charge in [0.05, 0.1) is 8.95 Å². The molecule has 0 saturated heterocycles. The molecule has 0 aliphatic carbocycles. The van der Waals surface area contributed by atoms with E-state index in [9.17, 15) is 10.2 Å². The molecule has 2 N–H and O–H groups in total. The molecule has 0 fully saturated rings. The summed E-state index contributed by atoms with van der Waals surface area (Å²) >= 11 is 10.7. The second kappa shape index (κ2) is 7.00. The fraction of sp³-hybridized carbons (Fsp3) is 0.333. The summed E-state index contributed by atoms with van der Waals surface area (Å²) < 4.78 is 14.9. The fourth-order valence-electron chi connectivity index (χ4n) is 3.03. The molecule has 0 atom stereocenters. The van der Waals surface area contributed by atoms with Crippen LogP contribution in [0.15, 0.2) is 13.4 Å². The Morgan fingerprint density at radius 1 is 0.600 bits per heavy atom. The predicted molar refractivity (Wildman–Crippen MR) is 108 cm³/mol. The number of ether oxygens (including phenoxy) is 2. The van der Waals surface area contributed by atoms with Gasteiger partial charge in [0.2, 0.25) is 0 Å². The summed E-state index contributed by atoms with van der Waals surface area (Å²) in [6.07, 6.45) is 1.74. The number of hydrogen-bond donors (Lipinski definition) is 2. The van der Waals surface area contributed by atoms with Crippen molar-refractivity contribution in [2.75, 3.05) is 0 Å². The number of aromatic hydroxyl groups is 2. The first-order chi connectivity index (χ1) is 11.9. The molecule has 4 nitrogen and oxygen atoms in total. The second-order valence-electron chi connectivity index (χ2n) is 5.66. The summed E-state index contributed by atoms with van der Waals surface area (Å²) in [5, 5.41) is 20.7. The second-order valence-corrected chi connectivity index (χ2v) is 8.04. The van der Waals surface area contributed by atoms with E-state index in [-0.39, 0.29) is 11.5 Å². The van der Waals surface area contributed by atoms with E-state index in [1.807, 2.05) is 20.8 Å². The van der Waals surface area contributed by atoms with E-state index in [0.717, 1.165) is 25.4 Å². The maximum atomic E-state index is 10.4. The van der Waals surface area contributed by atoms with Gasteiger partial charge in [-0.2, -0.15) is 0 Å². The molecule has 2 aromatic carbocycles. The zero-order valence-electron chi connectivity index (χ0n) is 14.0. The molecule has 25 heavy (non-hydrogen) atoms. The smallest absolute Gasteiger partial charge is 0.185 e. The average molecular weight is 537 g/mol. The third-order valence-corrected chi connectivity index (χ3v) is 7.84. The highest BCUT2D eigenvalue weighted by molar-refractivity contribution is 9.14. The van der Waals surface area contributed by atoms with E-state index >= 15 is 0 Å². The van der Waals surface area contributed by atoms with Crippen LogP contribution in [0.3, 0.4) is 0 Å². The molecule has 1 aliphatic heterocycles. The molecule has 0 bridgehead atoms. The maximum absolute atomic E-state index is 10.4. The SMILES string of the molecule is CCc1c(Br)c(Br)c(Br)c2c1Oc1c(CC)c(O)c(O)c(CC)c1O2. The molecule has 0 unspecified atom stereocenters. The fourth-order valence-corrected chi connectivity index (χ4v) is 4.83. The average Bonchev–Trinajstić information content (AvgIpc) is 2.61. The molecule has 0 radical (unpaired) electrons. The summed E-state index contributed by atoms with van der Waals surface area (Å²) in [5.41, 5.74) is 2.02. The lowest BCUT2D eigenvalue weighted by atomic mass is 10.0. The zero-order valence-corrected chi connectivity index (χ0v) is 18.7. The monoisotopic (exact) mass is 534 g/mol. The van der Waals surface area contributed by atoms with Crippen LogP contribution in [0.25, 0.3) is 0 Å². The van der Waals surface area contributed by atoms with Crippen molar-refractivity contribution in [2.45, 2.75) is 40.0 Å². The predicted octanol–water partition coefficient (Wildman–Crippen LogP) is 6.97. The summed E-state index contributed by atoms with van der Waals surface area (Å²) in [5.74, 6) is 1.81. The molecule has 2 aromatic rings. The third kappa shape index (κ3) is 2.75. The highest BCUT2D eigenvalue weighted by atomic mass is 79.9. The van der Waals surface area contributed by atoms with Gasteiger partial charge in [-0.3, -0.25) is 0 Å². The molecule has 0 saturated carbocycles. The van der Waals surface area contributed by atoms with Crippen molar-refractivity contribution in [3.63, 3.8) is 0 Å². The quantitative estimate of drug-likeness (QED) is 0.280. The van der Waals surface area contributed by atoms with Crippen molar-refractivity contribution >= 4 is 47.8 Å². The number of halogens is 3. The van der Waals surface area contributed by atoms with Gasteiger partial charge in [0.25, 0.3) is 0 Å². The van der Waals surface area contributed by atoms with Gasteiger partial charge < -0.3 is 19.7 Å². The van der Waals surface area contributed by atoms with Crippen LogP contribution in [0.2, 0.25) is 0 Å². The molecular weight excluding hydrogens is 520 g/mol. The van der Waals surface area contributed by atoms with Crippen molar-refractivity contribution in [3.05, 3.63) is 30.1 Å². The van der Waals surface area contributed by atoms with E-state index in [1.165, 1.54) is 0 Å². The topological polar surface area (TPSA) is 58.9 Å². The number of phenols is 2. The van der Waals surface area contributed by atoms with Gasteiger partial charge in [-0.05, 0) is 67.1 Å². The summed E-state index contributed by atoms with van der Waals surface area (Å²) in [6, 6.07) is 0. The lowest BCUT2D eigenvalue weighted by Gasteiger charge is -2.29. The van der Waals surface area contributed by atoms with Gasteiger partial charge in [0, 0.05) is 21.2 Å². The minimum atomic E-state index is -0.145. The Morgan fingerprint density at radius 2 is 1.00 bits per heavy atom. The molecule has 3 rings (SSSR count). The highest BCUT2D eigenvalue weighted by Crippen LogP contribution is 2.59. The number of benzene rings is 2. The summed E-state index contributed by atoms with van der Waals surface area (Å²) in [7, 11) is 0. The van der Waals surface area contributed by atoms with Gasteiger partial charge in [0.1, 0.15) is 0 Å². The van der Waals surface area contributed by atoms with Crippen LogP contribution in [0.4, 0.5) is 0 Å². The number of phenolic OH excluding ortho intramolecular Hbond substituents is 2. The summed E-state index contributed by atoms with van der Waals surface area (Å²) in [4.78, 5) is 0. The van der Waals surface area contributed by atoms with Gasteiger partial charge >= 0.3 is 0 Å². The molecule has 134 valence electrons. The van der Waals surface area contributed by atoms with Gasteiger partial charge in [0.15, 0.2) is 34.5 Å². The lowest BCUT2D eigenvalue weighted by molar-refractivity contribution is 0.332. The van der Waals surface area contributed by atoms with Crippen LogP contribution in [0, 0.1) is 0 Å². The van der Waals surface area contributed by atoms with E-state index in [2.05, 4.69) is 47.8 Å². The van der Waals surface area contributed by atoms with Crippen LogP contribution < -0.4 is 9.47 Å². The van der Waals surface area contributed by atoms with Gasteiger partial charge in [-0.15, -0.1) is 0 Å². The number of hydrogen-bond acceptors (Lipinski definition) is 4. The van der Waals surface area contributed by atoms with E-state index in [0.29, 0.717) is 47.0 Å². The summed E-state index contributed by atoms with van der Waals surface area (Å²) in [6.45, 7) is 5.82. The molecule has 1 aliphatic rings. The first kappa shape index (κ1) is 18.9. The minimum Gasteiger partial charge on any atom is -0.504 e. The maximum Gasteiger partial charge on any atom is 0.185 e. The Morgan fingerprint density at radius 3 is 1.44 bits per heavy atom. The van der Waals surface area contributed by atoms with Crippen molar-refractivity contribution < 1.29 is 19.7 Å². The molecule has 0 spiro atoms. The van der Waals surface area contributed by atoms with Crippen LogP contribution in [0.5, 0.6) is 34.5 Å². The standard InChI is InChI=1S/C18H17Br3O4/c1-4-7-10(19)11(20)12(21)18-15(7)24-16-8(5-2)13(22)14(23)9(6-3)17(16)25-18/h22-23H,4-6H2,1-3H3. The largest absolute Gasteiger partial charge is 0.504 e. The zero-order chi connectivity index (χ0) is 18.5. The Balaban J connectivity index is 2.35. The first-order valence-electron chi connectivity index (χ1n) is 8.01. The van der Waals surface area contributed by atoms with Crippen molar-refractivity contribution in [2.24, 2.45) is 0 Å². The Labute approximate surface area is 171 Å². The molecule has 7 heteroatoms. The van der Waals surface area contributed by atoms with E-state index in [1.54, 1.807) is 0 Å². The van der Waals surface area contributed by atoms with Crippen molar-refractivity contribution in [3.8, 4) is 34.5 Å². The van der Waals surface area contributed by atoms with Crippen molar-refractivity contribution in [1.82, 2.24) is 0 Å². The van der Waals surface area contributed by atoms with Gasteiger partial charge in [-0.1, -0.05) is 20.8 Å². The van der Waals surface area contributed by atoms with E-state index in [4.69, 9.17) is 9.47 Å². The van der Waals surface area contributed by atoms with Crippen LogP contribution >= 0.6 is 47.8 Å². The molecule has 1 heterocycles. The van der Waals surface area contributed by atoms with Crippen molar-refractivity contribution in [1.29, 1.82) is 0 Å². The Bertz CT molecular complexity index is 878. The highest BCUT2D eigenvalue weighted by Gasteiger charge is 2.33. The van der Waals surface area contributed by atoms with Crippen LogP contribution in [-0.4, -0.2) is 10.2 Å². The van der Waals surface area contributed by atoms with E-state index < -0.39 is 0 Å². The normalized spacial score (nSPS) is 12.2. The van der Waals surface area contributed by atoms with Gasteiger partial charge in [-0.25, -0.2) is 0 Å². The molecule has 0 amide bonds. The number of rotatable bonds is 3. The third-order valence-electron chi connectivity index (χ3n) is 4.35. The lowest BCUT2D eigenvalue weighted by Crippen LogP contribution is -2.08. The Hall–Kier alpha value is -0.920. The first-order valence-corrected chi connectivity index (χ1v) is 10.4.